The van der Waals surface area contributed by atoms with Gasteiger partial charge in [-0.05, 0) is 13.0 Å². The topological polar surface area (TPSA) is 105 Å². The van der Waals surface area contributed by atoms with Crippen molar-refractivity contribution >= 4 is 23.8 Å². The number of primary amides is 2. The second-order valence-electron chi connectivity index (χ2n) is 3.52. The predicted molar refractivity (Wildman–Crippen MR) is 65.0 cm³/mol. The third-order valence-corrected chi connectivity index (χ3v) is 2.53. The molecule has 7 heteroatoms. The van der Waals surface area contributed by atoms with Crippen LogP contribution < -0.4 is 11.5 Å². The summed E-state index contributed by atoms with van der Waals surface area (Å²) in [5.74, 6) is 0. The van der Waals surface area contributed by atoms with Gasteiger partial charge in [-0.1, -0.05) is 29.8 Å². The largest absolute Gasteiger partial charge is 0.442 e. The smallest absolute Gasteiger partial charge is 0.405 e. The maximum absolute atomic E-state index is 10.9. The molecular weight excluding hydrogens is 260 g/mol. The van der Waals surface area contributed by atoms with Gasteiger partial charge in [-0.3, -0.25) is 0 Å². The quantitative estimate of drug-likeness (QED) is 0.874. The molecule has 0 aliphatic carbocycles. The predicted octanol–water partition coefficient (Wildman–Crippen LogP) is 1.96. The third-order valence-electron chi connectivity index (χ3n) is 2.18. The van der Waals surface area contributed by atoms with Gasteiger partial charge in [0.1, 0.15) is 6.10 Å². The Morgan fingerprint density at radius 3 is 2.22 bits per heavy atom. The Bertz CT molecular complexity index is 452. The van der Waals surface area contributed by atoms with Gasteiger partial charge in [0, 0.05) is 10.6 Å². The molecule has 0 saturated heterocycles. The number of nitrogens with two attached hydrogens (primary N) is 2. The minimum atomic E-state index is -1.00. The lowest BCUT2D eigenvalue weighted by molar-refractivity contribution is 0.00419. The lowest BCUT2D eigenvalue weighted by Crippen LogP contribution is -2.30. The van der Waals surface area contributed by atoms with Crippen molar-refractivity contribution in [2.24, 2.45) is 11.5 Å². The van der Waals surface area contributed by atoms with Crippen LogP contribution in [0.25, 0.3) is 0 Å². The molecule has 0 bridgehead atoms. The van der Waals surface area contributed by atoms with Crippen molar-refractivity contribution in [1.82, 2.24) is 0 Å². The highest BCUT2D eigenvalue weighted by atomic mass is 35.5. The second-order valence-corrected chi connectivity index (χ2v) is 3.93. The zero-order valence-electron chi connectivity index (χ0n) is 9.63. The van der Waals surface area contributed by atoms with E-state index >= 15 is 0 Å². The van der Waals surface area contributed by atoms with Crippen molar-refractivity contribution < 1.29 is 19.1 Å². The number of hydrogen-bond acceptors (Lipinski definition) is 4. The van der Waals surface area contributed by atoms with E-state index in [-0.39, 0.29) is 0 Å². The Kier molecular flexibility index (Phi) is 4.79. The normalized spacial score (nSPS) is 13.4. The summed E-state index contributed by atoms with van der Waals surface area (Å²) in [4.78, 5) is 21.6. The van der Waals surface area contributed by atoms with Crippen molar-refractivity contribution in [3.8, 4) is 0 Å². The fourth-order valence-electron chi connectivity index (χ4n) is 1.49. The van der Waals surface area contributed by atoms with Gasteiger partial charge in [-0.25, -0.2) is 9.59 Å². The summed E-state index contributed by atoms with van der Waals surface area (Å²) in [5.41, 5.74) is 10.4. The van der Waals surface area contributed by atoms with E-state index < -0.39 is 24.4 Å². The molecular formula is C11H13ClN2O4. The number of carbonyl (C=O) groups is 2. The highest BCUT2D eigenvalue weighted by Gasteiger charge is 2.27. The Hall–Kier alpha value is -1.95. The molecule has 1 aromatic rings. The van der Waals surface area contributed by atoms with Gasteiger partial charge in [0.25, 0.3) is 0 Å². The molecule has 2 amide bonds. The fraction of sp³-hybridized carbons (Fsp3) is 0.273. The van der Waals surface area contributed by atoms with Crippen LogP contribution in [-0.4, -0.2) is 18.3 Å². The Balaban J connectivity index is 3.01. The summed E-state index contributed by atoms with van der Waals surface area (Å²) in [6.45, 7) is 1.52. The monoisotopic (exact) mass is 272 g/mol. The van der Waals surface area contributed by atoms with Crippen LogP contribution in [0.15, 0.2) is 24.3 Å². The number of amides is 2. The van der Waals surface area contributed by atoms with Gasteiger partial charge < -0.3 is 20.9 Å². The Morgan fingerprint density at radius 1 is 1.17 bits per heavy atom. The number of hydrogen-bond donors (Lipinski definition) is 2. The van der Waals surface area contributed by atoms with Crippen LogP contribution in [0.5, 0.6) is 0 Å². The van der Waals surface area contributed by atoms with Crippen LogP contribution in [-0.2, 0) is 9.47 Å². The summed E-state index contributed by atoms with van der Waals surface area (Å²) >= 11 is 5.98. The molecule has 6 nitrogen and oxygen atoms in total. The standard InChI is InChI=1S/C11H13ClN2O4/c1-6(17-10(13)15)9(18-11(14)16)7-4-2-3-5-8(7)12/h2-6,9H,1H3,(H2,13,15)(H2,14,16)/t6-,9+/m1/s1. The first-order chi connectivity index (χ1) is 8.41. The van der Waals surface area contributed by atoms with Gasteiger partial charge in [0.15, 0.2) is 6.10 Å². The summed E-state index contributed by atoms with van der Waals surface area (Å²) in [5, 5.41) is 0.365. The van der Waals surface area contributed by atoms with Crippen LogP contribution in [0.2, 0.25) is 5.02 Å². The van der Waals surface area contributed by atoms with E-state index in [2.05, 4.69) is 0 Å². The first kappa shape index (κ1) is 14.1. The zero-order valence-corrected chi connectivity index (χ0v) is 10.4. The van der Waals surface area contributed by atoms with E-state index in [0.717, 1.165) is 0 Å². The van der Waals surface area contributed by atoms with Gasteiger partial charge in [-0.15, -0.1) is 0 Å². The summed E-state index contributed by atoms with van der Waals surface area (Å²) in [6, 6.07) is 6.67. The minimum Gasteiger partial charge on any atom is -0.442 e. The fourth-order valence-corrected chi connectivity index (χ4v) is 1.73. The average molecular weight is 273 g/mol. The third kappa shape index (κ3) is 3.81. The molecule has 0 radical (unpaired) electrons. The SMILES string of the molecule is C[C@@H](OC(N)=O)[C@H](OC(N)=O)c1ccccc1Cl. The van der Waals surface area contributed by atoms with Gasteiger partial charge in [0.05, 0.1) is 0 Å². The molecule has 0 spiro atoms. The van der Waals surface area contributed by atoms with Crippen LogP contribution in [0.3, 0.4) is 0 Å². The molecule has 0 aliphatic rings. The molecule has 0 fully saturated rings. The van der Waals surface area contributed by atoms with E-state index in [1.807, 2.05) is 0 Å². The number of benzene rings is 1. The van der Waals surface area contributed by atoms with Gasteiger partial charge in [0.2, 0.25) is 0 Å². The summed E-state index contributed by atoms with van der Waals surface area (Å²) < 4.78 is 9.67. The number of ether oxygens (including phenoxy) is 2. The van der Waals surface area contributed by atoms with Crippen LogP contribution >= 0.6 is 11.6 Å². The zero-order chi connectivity index (χ0) is 13.7. The van der Waals surface area contributed by atoms with Crippen molar-refractivity contribution in [2.75, 3.05) is 0 Å². The lowest BCUT2D eigenvalue weighted by atomic mass is 10.1. The molecule has 2 atom stereocenters. The molecule has 1 rings (SSSR count). The van der Waals surface area contributed by atoms with Crippen LogP contribution in [0.4, 0.5) is 9.59 Å². The van der Waals surface area contributed by atoms with E-state index in [1.165, 1.54) is 6.92 Å². The van der Waals surface area contributed by atoms with Crippen molar-refractivity contribution in [3.05, 3.63) is 34.9 Å². The Morgan fingerprint density at radius 2 is 1.72 bits per heavy atom. The molecule has 4 N–H and O–H groups in total. The highest BCUT2D eigenvalue weighted by molar-refractivity contribution is 6.31. The second kappa shape index (κ2) is 6.11. The molecule has 18 heavy (non-hydrogen) atoms. The van der Waals surface area contributed by atoms with Crippen molar-refractivity contribution in [3.63, 3.8) is 0 Å². The molecule has 98 valence electrons. The molecule has 0 saturated carbocycles. The molecule has 1 aromatic carbocycles. The van der Waals surface area contributed by atoms with Crippen molar-refractivity contribution in [1.29, 1.82) is 0 Å². The molecule has 0 aliphatic heterocycles. The summed E-state index contributed by atoms with van der Waals surface area (Å²) in [6.07, 6.45) is -3.70. The molecule has 0 aromatic heterocycles. The lowest BCUT2D eigenvalue weighted by Gasteiger charge is -2.23. The van der Waals surface area contributed by atoms with Crippen LogP contribution in [0.1, 0.15) is 18.6 Å². The maximum Gasteiger partial charge on any atom is 0.405 e. The minimum absolute atomic E-state index is 0.365. The van der Waals surface area contributed by atoms with Gasteiger partial charge >= 0.3 is 12.2 Å². The maximum atomic E-state index is 10.9. The number of carbonyl (C=O) groups excluding carboxylic acids is 2. The van der Waals surface area contributed by atoms with E-state index in [4.69, 9.17) is 32.5 Å². The first-order valence-corrected chi connectivity index (χ1v) is 5.46. The molecule has 0 heterocycles. The average Bonchev–Trinajstić information content (AvgIpc) is 2.25. The van der Waals surface area contributed by atoms with Crippen LogP contribution in [0, 0.1) is 0 Å². The van der Waals surface area contributed by atoms with Crippen molar-refractivity contribution in [2.45, 2.75) is 19.1 Å². The highest BCUT2D eigenvalue weighted by Crippen LogP contribution is 2.29. The van der Waals surface area contributed by atoms with Gasteiger partial charge in [-0.2, -0.15) is 0 Å². The van der Waals surface area contributed by atoms with E-state index in [9.17, 15) is 9.59 Å². The first-order valence-electron chi connectivity index (χ1n) is 5.08. The van der Waals surface area contributed by atoms with E-state index in [0.29, 0.717) is 10.6 Å². The summed E-state index contributed by atoms with van der Waals surface area (Å²) in [7, 11) is 0. The number of rotatable bonds is 4. The molecule has 0 unspecified atom stereocenters. The van der Waals surface area contributed by atoms with E-state index in [1.54, 1.807) is 24.3 Å². The Labute approximate surface area is 109 Å². The number of halogens is 1.